The van der Waals surface area contributed by atoms with E-state index in [2.05, 4.69) is 15.4 Å². The molecule has 0 aliphatic rings. The van der Waals surface area contributed by atoms with Crippen molar-refractivity contribution in [1.82, 2.24) is 14.8 Å². The molecule has 3 rings (SSSR count). The van der Waals surface area contributed by atoms with E-state index < -0.39 is 22.4 Å². The zero-order valence-electron chi connectivity index (χ0n) is 13.1. The number of anilines is 1. The lowest BCUT2D eigenvalue weighted by atomic mass is 10.1. The van der Waals surface area contributed by atoms with E-state index in [1.165, 1.54) is 0 Å². The molecule has 0 saturated heterocycles. The summed E-state index contributed by atoms with van der Waals surface area (Å²) in [5.74, 6) is 0.552. The lowest BCUT2D eigenvalue weighted by Crippen LogP contribution is -2.08. The topological polar surface area (TPSA) is 85.9 Å². The quantitative estimate of drug-likeness (QED) is 0.550. The molecule has 0 aliphatic carbocycles. The van der Waals surface area contributed by atoms with Crippen LogP contribution in [0, 0.1) is 10.1 Å². The molecule has 1 N–H and O–H groups in total. The number of halogens is 3. The molecule has 0 unspecified atom stereocenters. The van der Waals surface area contributed by atoms with Gasteiger partial charge in [0.25, 0.3) is 5.69 Å². The summed E-state index contributed by atoms with van der Waals surface area (Å²) in [4.78, 5) is 14.4. The van der Waals surface area contributed by atoms with Crippen molar-refractivity contribution in [3.05, 3.63) is 76.2 Å². The van der Waals surface area contributed by atoms with Gasteiger partial charge < -0.3 is 5.32 Å². The SMILES string of the molecule is O=[N+]([O-])c1cc(C(F)(F)F)ccc1NCc1ccnc(-n2cccn2)c1. The first kappa shape index (κ1) is 17.4. The van der Waals surface area contributed by atoms with Crippen LogP contribution < -0.4 is 5.32 Å². The molecule has 7 nitrogen and oxygen atoms in total. The molecule has 2 aromatic heterocycles. The Hall–Kier alpha value is -3.43. The molecule has 0 aliphatic heterocycles. The third kappa shape index (κ3) is 3.79. The van der Waals surface area contributed by atoms with Crippen molar-refractivity contribution in [2.45, 2.75) is 12.7 Å². The van der Waals surface area contributed by atoms with Gasteiger partial charge in [0, 0.05) is 31.2 Å². The van der Waals surface area contributed by atoms with Gasteiger partial charge in [0.15, 0.2) is 5.82 Å². The third-order valence-corrected chi connectivity index (χ3v) is 3.55. The Bertz CT molecular complexity index is 926. The number of nitrogens with zero attached hydrogens (tertiary/aromatic N) is 4. The number of hydrogen-bond acceptors (Lipinski definition) is 5. The second-order valence-electron chi connectivity index (χ2n) is 5.31. The number of benzene rings is 1. The van der Waals surface area contributed by atoms with Crippen molar-refractivity contribution in [1.29, 1.82) is 0 Å². The van der Waals surface area contributed by atoms with Crippen LogP contribution in [-0.2, 0) is 12.7 Å². The highest BCUT2D eigenvalue weighted by Crippen LogP contribution is 2.35. The first-order chi connectivity index (χ1) is 12.3. The Morgan fingerprint density at radius 1 is 1.19 bits per heavy atom. The monoisotopic (exact) mass is 363 g/mol. The Labute approximate surface area is 145 Å². The van der Waals surface area contributed by atoms with Crippen molar-refractivity contribution in [3.8, 4) is 5.82 Å². The van der Waals surface area contributed by atoms with E-state index in [1.54, 1.807) is 41.5 Å². The van der Waals surface area contributed by atoms with Gasteiger partial charge in [-0.1, -0.05) is 0 Å². The minimum Gasteiger partial charge on any atom is -0.375 e. The van der Waals surface area contributed by atoms with Crippen LogP contribution in [0.3, 0.4) is 0 Å². The largest absolute Gasteiger partial charge is 0.416 e. The zero-order valence-corrected chi connectivity index (χ0v) is 13.1. The number of nitrogens with one attached hydrogen (secondary N) is 1. The molecule has 26 heavy (non-hydrogen) atoms. The van der Waals surface area contributed by atoms with Crippen LogP contribution >= 0.6 is 0 Å². The molecule has 1 aromatic carbocycles. The first-order valence-electron chi connectivity index (χ1n) is 7.39. The number of nitro groups is 1. The Balaban J connectivity index is 1.82. The molecule has 10 heteroatoms. The number of rotatable bonds is 5. The van der Waals surface area contributed by atoms with Crippen LogP contribution in [0.5, 0.6) is 0 Å². The molecule has 0 fully saturated rings. The molecule has 0 spiro atoms. The van der Waals surface area contributed by atoms with Crippen molar-refractivity contribution < 1.29 is 18.1 Å². The number of nitro benzene ring substituents is 1. The molecule has 134 valence electrons. The molecule has 0 bridgehead atoms. The zero-order chi connectivity index (χ0) is 18.7. The predicted octanol–water partition coefficient (Wildman–Crippen LogP) is 3.81. The maximum absolute atomic E-state index is 12.7. The fourth-order valence-corrected chi connectivity index (χ4v) is 2.31. The van der Waals surface area contributed by atoms with E-state index in [9.17, 15) is 23.3 Å². The van der Waals surface area contributed by atoms with Gasteiger partial charge in [-0.05, 0) is 35.9 Å². The lowest BCUT2D eigenvalue weighted by molar-refractivity contribution is -0.384. The first-order valence-corrected chi connectivity index (χ1v) is 7.39. The van der Waals surface area contributed by atoms with Gasteiger partial charge in [-0.2, -0.15) is 18.3 Å². The van der Waals surface area contributed by atoms with Crippen molar-refractivity contribution in [2.24, 2.45) is 0 Å². The number of pyridine rings is 1. The lowest BCUT2D eigenvalue weighted by Gasteiger charge is -2.11. The van der Waals surface area contributed by atoms with E-state index >= 15 is 0 Å². The predicted molar refractivity (Wildman–Crippen MR) is 86.8 cm³/mol. The van der Waals surface area contributed by atoms with Crippen LogP contribution in [0.15, 0.2) is 55.0 Å². The summed E-state index contributed by atoms with van der Waals surface area (Å²) < 4.78 is 39.7. The van der Waals surface area contributed by atoms with Crippen molar-refractivity contribution in [2.75, 3.05) is 5.32 Å². The summed E-state index contributed by atoms with van der Waals surface area (Å²) in [5, 5.41) is 17.9. The molecular formula is C16H12F3N5O2. The average Bonchev–Trinajstić information content (AvgIpc) is 3.14. The molecule has 0 saturated carbocycles. The van der Waals surface area contributed by atoms with Crippen LogP contribution in [0.25, 0.3) is 5.82 Å². The fourth-order valence-electron chi connectivity index (χ4n) is 2.31. The maximum Gasteiger partial charge on any atom is 0.416 e. The van der Waals surface area contributed by atoms with E-state index in [1.807, 2.05) is 0 Å². The number of alkyl halides is 3. The number of aromatic nitrogens is 3. The molecule has 2 heterocycles. The van der Waals surface area contributed by atoms with E-state index in [4.69, 9.17) is 0 Å². The third-order valence-electron chi connectivity index (χ3n) is 3.55. The normalized spacial score (nSPS) is 11.3. The summed E-state index contributed by atoms with van der Waals surface area (Å²) in [5.41, 5.74) is -0.971. The van der Waals surface area contributed by atoms with Crippen molar-refractivity contribution in [3.63, 3.8) is 0 Å². The van der Waals surface area contributed by atoms with Gasteiger partial charge in [0.1, 0.15) is 5.69 Å². The Kier molecular flexibility index (Phi) is 4.57. The van der Waals surface area contributed by atoms with Gasteiger partial charge >= 0.3 is 6.18 Å². The van der Waals surface area contributed by atoms with Gasteiger partial charge in [0.05, 0.1) is 10.5 Å². The fraction of sp³-hybridized carbons (Fsp3) is 0.125. The van der Waals surface area contributed by atoms with Gasteiger partial charge in [0.2, 0.25) is 0 Å². The highest BCUT2D eigenvalue weighted by molar-refractivity contribution is 5.63. The summed E-state index contributed by atoms with van der Waals surface area (Å²) in [6, 6.07) is 7.52. The highest BCUT2D eigenvalue weighted by atomic mass is 19.4. The van der Waals surface area contributed by atoms with Gasteiger partial charge in [-0.25, -0.2) is 9.67 Å². The minimum atomic E-state index is -4.65. The van der Waals surface area contributed by atoms with Gasteiger partial charge in [-0.3, -0.25) is 10.1 Å². The van der Waals surface area contributed by atoms with Crippen LogP contribution in [0.4, 0.5) is 24.5 Å². The smallest absolute Gasteiger partial charge is 0.375 e. The minimum absolute atomic E-state index is 0.000418. The summed E-state index contributed by atoms with van der Waals surface area (Å²) in [7, 11) is 0. The second-order valence-corrected chi connectivity index (χ2v) is 5.31. The highest BCUT2D eigenvalue weighted by Gasteiger charge is 2.33. The summed E-state index contributed by atoms with van der Waals surface area (Å²) >= 11 is 0. The van der Waals surface area contributed by atoms with E-state index in [0.717, 1.165) is 17.7 Å². The number of hydrogen-bond donors (Lipinski definition) is 1. The maximum atomic E-state index is 12.7. The van der Waals surface area contributed by atoms with Crippen molar-refractivity contribution >= 4 is 11.4 Å². The van der Waals surface area contributed by atoms with Crippen LogP contribution in [0.2, 0.25) is 0 Å². The standard InChI is InChI=1S/C16H12F3N5O2/c17-16(18,19)12-2-3-13(14(9-12)24(25)26)21-10-11-4-6-20-15(8-11)23-7-1-5-22-23/h1-9,21H,10H2. The molecule has 0 atom stereocenters. The molecule has 3 aromatic rings. The second kappa shape index (κ2) is 6.82. The Morgan fingerprint density at radius 3 is 2.65 bits per heavy atom. The Morgan fingerprint density at radius 2 is 2.00 bits per heavy atom. The summed E-state index contributed by atoms with van der Waals surface area (Å²) in [6.45, 7) is 0.170. The van der Waals surface area contributed by atoms with E-state index in [-0.39, 0.29) is 12.2 Å². The van der Waals surface area contributed by atoms with Crippen LogP contribution in [0.1, 0.15) is 11.1 Å². The molecule has 0 amide bonds. The molecule has 0 radical (unpaired) electrons. The average molecular weight is 363 g/mol. The van der Waals surface area contributed by atoms with Gasteiger partial charge in [-0.15, -0.1) is 0 Å². The van der Waals surface area contributed by atoms with E-state index in [0.29, 0.717) is 11.9 Å². The molecular weight excluding hydrogens is 351 g/mol. The summed E-state index contributed by atoms with van der Waals surface area (Å²) in [6.07, 6.45) is 0.209. The van der Waals surface area contributed by atoms with Crippen LogP contribution in [-0.4, -0.2) is 19.7 Å².